The first-order valence-corrected chi connectivity index (χ1v) is 7.57. The quantitative estimate of drug-likeness (QED) is 0.843. The summed E-state index contributed by atoms with van der Waals surface area (Å²) in [4.78, 5) is 12.4. The van der Waals surface area contributed by atoms with Crippen molar-refractivity contribution < 1.29 is 19.4 Å². The zero-order valence-electron chi connectivity index (χ0n) is 11.8. The van der Waals surface area contributed by atoms with E-state index in [-0.39, 0.29) is 6.04 Å². The lowest BCUT2D eigenvalue weighted by atomic mass is 10.1. The Balaban J connectivity index is 1.83. The van der Waals surface area contributed by atoms with Crippen LogP contribution in [0.4, 0.5) is 4.79 Å². The van der Waals surface area contributed by atoms with Gasteiger partial charge in [0, 0.05) is 30.1 Å². The molecule has 7 heteroatoms. The molecule has 0 spiro atoms. The second-order valence-corrected chi connectivity index (χ2v) is 5.73. The summed E-state index contributed by atoms with van der Waals surface area (Å²) in [6, 6.07) is 5.71. The minimum Gasteiger partial charge on any atom is -0.493 e. The van der Waals surface area contributed by atoms with Gasteiger partial charge in [-0.15, -0.1) is 0 Å². The van der Waals surface area contributed by atoms with Crippen LogP contribution in [0.15, 0.2) is 22.7 Å². The maximum atomic E-state index is 11.0. The average molecular weight is 359 g/mol. The summed E-state index contributed by atoms with van der Waals surface area (Å²) in [6.07, 6.45) is -0.125. The average Bonchev–Trinajstić information content (AvgIpc) is 2.49. The van der Waals surface area contributed by atoms with Gasteiger partial charge in [-0.3, -0.25) is 0 Å². The maximum absolute atomic E-state index is 11.0. The molecule has 1 saturated heterocycles. The maximum Gasteiger partial charge on any atom is 0.407 e. The molecule has 2 rings (SSSR count). The molecule has 0 unspecified atom stereocenters. The molecule has 1 aliphatic heterocycles. The number of rotatable bonds is 5. The van der Waals surface area contributed by atoms with Crippen LogP contribution in [0.3, 0.4) is 0 Å². The van der Waals surface area contributed by atoms with Crippen LogP contribution in [0.1, 0.15) is 6.42 Å². The van der Waals surface area contributed by atoms with Gasteiger partial charge in [-0.25, -0.2) is 4.79 Å². The van der Waals surface area contributed by atoms with Crippen molar-refractivity contribution in [1.82, 2.24) is 10.2 Å². The van der Waals surface area contributed by atoms with Crippen molar-refractivity contribution in [3.8, 4) is 11.5 Å². The first-order chi connectivity index (χ1) is 10.1. The van der Waals surface area contributed by atoms with Crippen LogP contribution in [0, 0.1) is 0 Å². The van der Waals surface area contributed by atoms with Gasteiger partial charge in [0.2, 0.25) is 0 Å². The highest BCUT2D eigenvalue weighted by molar-refractivity contribution is 9.10. The molecule has 1 heterocycles. The second kappa shape index (κ2) is 7.51. The molecule has 1 aromatic rings. The number of hydrogen-bond donors (Lipinski definition) is 2. The van der Waals surface area contributed by atoms with E-state index >= 15 is 0 Å². The fourth-order valence-electron chi connectivity index (χ4n) is 2.26. The van der Waals surface area contributed by atoms with Crippen LogP contribution in [0.25, 0.3) is 0 Å². The molecule has 0 aliphatic carbocycles. The highest BCUT2D eigenvalue weighted by atomic mass is 79.9. The number of methoxy groups -OCH3 is 1. The number of benzene rings is 1. The van der Waals surface area contributed by atoms with E-state index in [2.05, 4.69) is 21.2 Å². The number of nitrogens with zero attached hydrogens (tertiary/aromatic N) is 1. The van der Waals surface area contributed by atoms with Crippen molar-refractivity contribution in [3.63, 3.8) is 0 Å². The highest BCUT2D eigenvalue weighted by Gasteiger charge is 2.22. The van der Waals surface area contributed by atoms with E-state index in [0.29, 0.717) is 37.7 Å². The fraction of sp³-hybridized carbons (Fsp3) is 0.500. The number of carbonyl (C=O) groups is 1. The van der Waals surface area contributed by atoms with E-state index < -0.39 is 6.09 Å². The molecule has 116 valence electrons. The number of amides is 1. The Morgan fingerprint density at radius 2 is 2.33 bits per heavy atom. The number of ether oxygens (including phenoxy) is 2. The number of hydrogen-bond acceptors (Lipinski definition) is 4. The smallest absolute Gasteiger partial charge is 0.407 e. The lowest BCUT2D eigenvalue weighted by Gasteiger charge is -2.31. The van der Waals surface area contributed by atoms with Gasteiger partial charge in [-0.2, -0.15) is 0 Å². The van der Waals surface area contributed by atoms with Gasteiger partial charge in [0.15, 0.2) is 11.5 Å². The van der Waals surface area contributed by atoms with Crippen molar-refractivity contribution in [3.05, 3.63) is 22.7 Å². The van der Waals surface area contributed by atoms with Gasteiger partial charge in [0.1, 0.15) is 0 Å². The predicted molar refractivity (Wildman–Crippen MR) is 82.2 cm³/mol. The van der Waals surface area contributed by atoms with Crippen LogP contribution in [-0.4, -0.2) is 55.5 Å². The predicted octanol–water partition coefficient (Wildman–Crippen LogP) is 2.18. The van der Waals surface area contributed by atoms with Crippen molar-refractivity contribution in [2.45, 2.75) is 12.5 Å². The topological polar surface area (TPSA) is 71.0 Å². The van der Waals surface area contributed by atoms with E-state index in [4.69, 9.17) is 14.6 Å². The Kier molecular flexibility index (Phi) is 5.69. The van der Waals surface area contributed by atoms with Crippen molar-refractivity contribution in [2.75, 3.05) is 33.4 Å². The molecule has 1 atom stereocenters. The summed E-state index contributed by atoms with van der Waals surface area (Å²) in [7, 11) is 1.60. The SMILES string of the molecule is COc1cc(Br)ccc1OCC[C@@H]1CN(C(=O)O)CCN1. The van der Waals surface area contributed by atoms with Gasteiger partial charge in [-0.1, -0.05) is 15.9 Å². The molecule has 6 nitrogen and oxygen atoms in total. The largest absolute Gasteiger partial charge is 0.493 e. The molecular formula is C14H19BrN2O4. The summed E-state index contributed by atoms with van der Waals surface area (Å²) in [5, 5.41) is 12.3. The number of nitrogens with one attached hydrogen (secondary N) is 1. The lowest BCUT2D eigenvalue weighted by Crippen LogP contribution is -2.52. The van der Waals surface area contributed by atoms with Crippen molar-refractivity contribution in [1.29, 1.82) is 0 Å². The minimum absolute atomic E-state index is 0.122. The summed E-state index contributed by atoms with van der Waals surface area (Å²) < 4.78 is 11.9. The number of halogens is 1. The van der Waals surface area contributed by atoms with Crippen LogP contribution < -0.4 is 14.8 Å². The summed E-state index contributed by atoms with van der Waals surface area (Å²) in [6.45, 7) is 2.21. The highest BCUT2D eigenvalue weighted by Crippen LogP contribution is 2.30. The van der Waals surface area contributed by atoms with Crippen molar-refractivity contribution >= 4 is 22.0 Å². The third-order valence-electron chi connectivity index (χ3n) is 3.38. The minimum atomic E-state index is -0.864. The van der Waals surface area contributed by atoms with Gasteiger partial charge in [-0.05, 0) is 24.6 Å². The molecular weight excluding hydrogens is 340 g/mol. The second-order valence-electron chi connectivity index (χ2n) is 4.81. The summed E-state index contributed by atoms with van der Waals surface area (Å²) >= 11 is 3.38. The monoisotopic (exact) mass is 358 g/mol. The molecule has 0 saturated carbocycles. The summed E-state index contributed by atoms with van der Waals surface area (Å²) in [5.74, 6) is 1.36. The van der Waals surface area contributed by atoms with Gasteiger partial charge in [0.05, 0.1) is 13.7 Å². The molecule has 1 aliphatic rings. The molecule has 0 radical (unpaired) electrons. The van der Waals surface area contributed by atoms with Crippen molar-refractivity contribution in [2.24, 2.45) is 0 Å². The Labute approximate surface area is 132 Å². The molecule has 0 bridgehead atoms. The van der Waals surface area contributed by atoms with Gasteiger partial charge < -0.3 is 24.8 Å². The normalized spacial score (nSPS) is 18.4. The molecule has 0 aromatic heterocycles. The van der Waals surface area contributed by atoms with Gasteiger partial charge >= 0.3 is 6.09 Å². The Morgan fingerprint density at radius 1 is 1.52 bits per heavy atom. The van der Waals surface area contributed by atoms with E-state index in [1.165, 1.54) is 4.90 Å². The molecule has 1 aromatic carbocycles. The number of piperazine rings is 1. The number of carboxylic acid groups (broad SMARTS) is 1. The Morgan fingerprint density at radius 3 is 3.05 bits per heavy atom. The zero-order chi connectivity index (χ0) is 15.2. The first-order valence-electron chi connectivity index (χ1n) is 6.77. The Bertz CT molecular complexity index is 498. The van der Waals surface area contributed by atoms with E-state index in [1.807, 2.05) is 18.2 Å². The zero-order valence-corrected chi connectivity index (χ0v) is 13.4. The van der Waals surface area contributed by atoms with Crippen LogP contribution >= 0.6 is 15.9 Å². The summed E-state index contributed by atoms with van der Waals surface area (Å²) in [5.41, 5.74) is 0. The third kappa shape index (κ3) is 4.50. The van der Waals surface area contributed by atoms with E-state index in [0.717, 1.165) is 10.9 Å². The standard InChI is InChI=1S/C14H19BrN2O4/c1-20-13-8-10(15)2-3-12(13)21-7-4-11-9-17(14(18)19)6-5-16-11/h2-3,8,11,16H,4-7,9H2,1H3,(H,18,19)/t11-/m1/s1. The van der Waals surface area contributed by atoms with E-state index in [1.54, 1.807) is 7.11 Å². The Hall–Kier alpha value is -1.47. The van der Waals surface area contributed by atoms with Gasteiger partial charge in [0.25, 0.3) is 0 Å². The fourth-order valence-corrected chi connectivity index (χ4v) is 2.60. The van der Waals surface area contributed by atoms with Crippen LogP contribution in [0.2, 0.25) is 0 Å². The van der Waals surface area contributed by atoms with Crippen LogP contribution in [-0.2, 0) is 0 Å². The molecule has 21 heavy (non-hydrogen) atoms. The molecule has 1 amide bonds. The molecule has 1 fully saturated rings. The van der Waals surface area contributed by atoms with E-state index in [9.17, 15) is 4.79 Å². The lowest BCUT2D eigenvalue weighted by molar-refractivity contribution is 0.124. The third-order valence-corrected chi connectivity index (χ3v) is 3.87. The molecule has 2 N–H and O–H groups in total. The first kappa shape index (κ1) is 15.9. The van der Waals surface area contributed by atoms with Crippen LogP contribution in [0.5, 0.6) is 11.5 Å².